The van der Waals surface area contributed by atoms with Crippen LogP contribution >= 0.6 is 0 Å². The highest BCUT2D eigenvalue weighted by molar-refractivity contribution is 5.78. The third-order valence-electron chi connectivity index (χ3n) is 6.10. The predicted octanol–water partition coefficient (Wildman–Crippen LogP) is 5.19. The maximum Gasteiger partial charge on any atom is 0.416 e. The second-order valence-corrected chi connectivity index (χ2v) is 8.63. The first-order valence-corrected chi connectivity index (χ1v) is 11.3. The molecule has 4 heterocycles. The number of fused-ring (bicyclic) bond motifs is 3. The molecule has 1 unspecified atom stereocenters. The first-order valence-electron chi connectivity index (χ1n) is 11.3. The summed E-state index contributed by atoms with van der Waals surface area (Å²) in [6.07, 6.45) is 1.05. The van der Waals surface area contributed by atoms with Crippen LogP contribution in [0.2, 0.25) is 0 Å². The molecule has 5 rings (SSSR count). The van der Waals surface area contributed by atoms with Gasteiger partial charge in [0.25, 0.3) is 0 Å². The molecule has 0 N–H and O–H groups in total. The van der Waals surface area contributed by atoms with E-state index < -0.39 is 11.7 Å². The van der Waals surface area contributed by atoms with Gasteiger partial charge in [-0.1, -0.05) is 19.1 Å². The number of aryl methyl sites for hydroxylation is 1. The van der Waals surface area contributed by atoms with Crippen LogP contribution in [0.4, 0.5) is 19.0 Å². The smallest absolute Gasteiger partial charge is 0.342 e. The fourth-order valence-electron chi connectivity index (χ4n) is 4.53. The molecular weight excluding hydrogens is 457 g/mol. The topological polar surface area (TPSA) is 85.5 Å². The molecule has 1 aliphatic rings. The molecule has 4 aromatic rings. The van der Waals surface area contributed by atoms with Crippen LogP contribution < -0.4 is 4.90 Å². The number of halogens is 3. The molecule has 0 radical (unpaired) electrons. The van der Waals surface area contributed by atoms with Gasteiger partial charge >= 0.3 is 6.18 Å². The van der Waals surface area contributed by atoms with Crippen molar-refractivity contribution in [3.05, 3.63) is 60.2 Å². The van der Waals surface area contributed by atoms with E-state index in [-0.39, 0.29) is 12.1 Å². The molecule has 0 bridgehead atoms. The summed E-state index contributed by atoms with van der Waals surface area (Å²) in [6, 6.07) is 4.97. The van der Waals surface area contributed by atoms with Gasteiger partial charge < -0.3 is 4.90 Å². The van der Waals surface area contributed by atoms with Crippen molar-refractivity contribution in [2.75, 3.05) is 4.90 Å². The summed E-state index contributed by atoms with van der Waals surface area (Å²) >= 11 is 0. The van der Waals surface area contributed by atoms with E-state index in [4.69, 9.17) is 4.98 Å². The Kier molecular flexibility index (Phi) is 5.49. The maximum absolute atomic E-state index is 13.0. The van der Waals surface area contributed by atoms with Gasteiger partial charge in [-0.2, -0.15) is 13.2 Å². The number of aromatic nitrogens is 7. The van der Waals surface area contributed by atoms with Crippen molar-refractivity contribution in [1.82, 2.24) is 34.7 Å². The minimum atomic E-state index is -4.41. The van der Waals surface area contributed by atoms with Crippen LogP contribution in [0.3, 0.4) is 0 Å². The SMILES string of the molecule is CCC1c2nnc(C)n2-c2cnc(-c3cncnc3-c3ccc(C(F)(F)F)cc3)nc2N1C(C)C. The highest BCUT2D eigenvalue weighted by atomic mass is 19.4. The van der Waals surface area contributed by atoms with Crippen molar-refractivity contribution in [2.45, 2.75) is 52.4 Å². The molecule has 1 atom stereocenters. The van der Waals surface area contributed by atoms with Gasteiger partial charge in [-0.3, -0.25) is 4.57 Å². The third-order valence-corrected chi connectivity index (χ3v) is 6.10. The van der Waals surface area contributed by atoms with E-state index >= 15 is 0 Å². The number of anilines is 1. The van der Waals surface area contributed by atoms with Crippen molar-refractivity contribution < 1.29 is 13.2 Å². The number of nitrogens with zero attached hydrogens (tertiary/aromatic N) is 8. The molecule has 11 heteroatoms. The Balaban J connectivity index is 1.65. The van der Waals surface area contributed by atoms with Gasteiger partial charge in [0.1, 0.15) is 17.8 Å². The number of hydrogen-bond donors (Lipinski definition) is 0. The Hall–Kier alpha value is -3.89. The second kappa shape index (κ2) is 8.40. The van der Waals surface area contributed by atoms with Gasteiger partial charge in [0, 0.05) is 17.8 Å². The highest BCUT2D eigenvalue weighted by Crippen LogP contribution is 2.41. The molecule has 180 valence electrons. The van der Waals surface area contributed by atoms with E-state index in [1.165, 1.54) is 18.5 Å². The highest BCUT2D eigenvalue weighted by Gasteiger charge is 2.36. The van der Waals surface area contributed by atoms with Crippen LogP contribution in [0.25, 0.3) is 28.3 Å². The van der Waals surface area contributed by atoms with Crippen LogP contribution in [0.15, 0.2) is 43.0 Å². The third kappa shape index (κ3) is 3.80. The van der Waals surface area contributed by atoms with Crippen LogP contribution in [0, 0.1) is 6.92 Å². The summed E-state index contributed by atoms with van der Waals surface area (Å²) in [5, 5.41) is 8.69. The summed E-state index contributed by atoms with van der Waals surface area (Å²) in [7, 11) is 0. The summed E-state index contributed by atoms with van der Waals surface area (Å²) in [5.41, 5.74) is 1.55. The number of benzene rings is 1. The van der Waals surface area contributed by atoms with Crippen molar-refractivity contribution in [3.63, 3.8) is 0 Å². The molecule has 0 fully saturated rings. The Morgan fingerprint density at radius 3 is 2.43 bits per heavy atom. The van der Waals surface area contributed by atoms with E-state index in [0.29, 0.717) is 22.6 Å². The van der Waals surface area contributed by atoms with E-state index in [1.54, 1.807) is 12.4 Å². The van der Waals surface area contributed by atoms with Gasteiger partial charge in [-0.25, -0.2) is 19.9 Å². The predicted molar refractivity (Wildman–Crippen MR) is 124 cm³/mol. The molecule has 0 amide bonds. The molecule has 0 spiro atoms. The maximum atomic E-state index is 13.0. The minimum Gasteiger partial charge on any atom is -0.342 e. The summed E-state index contributed by atoms with van der Waals surface area (Å²) in [5.74, 6) is 2.70. The standard InChI is InChI=1S/C24H23F3N8/c1-5-18-23-33-32-14(4)35(23)19-11-29-21(31-22(19)34(18)13(2)3)17-10-28-12-30-20(17)15-6-8-16(9-7-15)24(25,26)27/h6-13,18H,5H2,1-4H3. The molecular formula is C24H23F3N8. The average Bonchev–Trinajstić information content (AvgIpc) is 3.23. The van der Waals surface area contributed by atoms with E-state index in [0.717, 1.165) is 41.7 Å². The number of hydrogen-bond acceptors (Lipinski definition) is 7. The summed E-state index contributed by atoms with van der Waals surface area (Å²) in [4.78, 5) is 20.2. The molecule has 35 heavy (non-hydrogen) atoms. The van der Waals surface area contributed by atoms with Gasteiger partial charge in [0.15, 0.2) is 17.5 Å². The number of rotatable bonds is 4. The van der Waals surface area contributed by atoms with Gasteiger partial charge in [0.05, 0.1) is 29.1 Å². The van der Waals surface area contributed by atoms with Gasteiger partial charge in [0.2, 0.25) is 0 Å². The van der Waals surface area contributed by atoms with E-state index in [9.17, 15) is 13.2 Å². The summed E-state index contributed by atoms with van der Waals surface area (Å²) in [6.45, 7) is 8.16. The largest absolute Gasteiger partial charge is 0.416 e. The Bertz CT molecular complexity index is 1380. The van der Waals surface area contributed by atoms with E-state index in [1.807, 2.05) is 11.5 Å². The zero-order chi connectivity index (χ0) is 24.9. The Labute approximate surface area is 199 Å². The van der Waals surface area contributed by atoms with Crippen molar-refractivity contribution >= 4 is 5.82 Å². The Morgan fingerprint density at radius 2 is 1.77 bits per heavy atom. The molecule has 1 aliphatic heterocycles. The lowest BCUT2D eigenvalue weighted by Crippen LogP contribution is -2.40. The molecule has 0 saturated heterocycles. The Morgan fingerprint density at radius 1 is 1.03 bits per heavy atom. The summed E-state index contributed by atoms with van der Waals surface area (Å²) < 4.78 is 41.1. The average molecular weight is 480 g/mol. The van der Waals surface area contributed by atoms with E-state index in [2.05, 4.69) is 50.8 Å². The first-order chi connectivity index (χ1) is 16.7. The number of alkyl halides is 3. The molecule has 3 aromatic heterocycles. The quantitative estimate of drug-likeness (QED) is 0.397. The fourth-order valence-corrected chi connectivity index (χ4v) is 4.53. The molecule has 0 aliphatic carbocycles. The van der Waals surface area contributed by atoms with Gasteiger partial charge in [-0.15, -0.1) is 10.2 Å². The van der Waals surface area contributed by atoms with Crippen LogP contribution in [-0.2, 0) is 6.18 Å². The lowest BCUT2D eigenvalue weighted by molar-refractivity contribution is -0.137. The minimum absolute atomic E-state index is 0.0205. The molecule has 0 saturated carbocycles. The molecule has 8 nitrogen and oxygen atoms in total. The van der Waals surface area contributed by atoms with Crippen molar-refractivity contribution in [1.29, 1.82) is 0 Å². The molecule has 1 aromatic carbocycles. The van der Waals surface area contributed by atoms with Crippen LogP contribution in [0.5, 0.6) is 0 Å². The van der Waals surface area contributed by atoms with Crippen LogP contribution in [0.1, 0.15) is 50.4 Å². The second-order valence-electron chi connectivity index (χ2n) is 8.63. The normalized spacial score (nSPS) is 15.3. The fraction of sp³-hybridized carbons (Fsp3) is 0.333. The lowest BCUT2D eigenvalue weighted by atomic mass is 10.0. The first kappa shape index (κ1) is 22.9. The van der Waals surface area contributed by atoms with Crippen molar-refractivity contribution in [3.8, 4) is 28.3 Å². The van der Waals surface area contributed by atoms with Crippen LogP contribution in [-0.4, -0.2) is 40.7 Å². The zero-order valence-corrected chi connectivity index (χ0v) is 19.6. The van der Waals surface area contributed by atoms with Gasteiger partial charge in [-0.05, 0) is 39.3 Å². The lowest BCUT2D eigenvalue weighted by Gasteiger charge is -2.39. The van der Waals surface area contributed by atoms with Crippen molar-refractivity contribution in [2.24, 2.45) is 0 Å². The zero-order valence-electron chi connectivity index (χ0n) is 19.6. The monoisotopic (exact) mass is 480 g/mol.